The fraction of sp³-hybridized carbons (Fsp3) is 0.100. The van der Waals surface area contributed by atoms with Crippen molar-refractivity contribution in [2.24, 2.45) is 5.84 Å². The Labute approximate surface area is 112 Å². The number of nitro benzene ring substituents is 1. The van der Waals surface area contributed by atoms with Crippen molar-refractivity contribution in [1.82, 2.24) is 10.1 Å². The lowest BCUT2D eigenvalue weighted by Gasteiger charge is -2.07. The van der Waals surface area contributed by atoms with Gasteiger partial charge in [-0.1, -0.05) is 11.2 Å². The Hall–Kier alpha value is -3.01. The maximum Gasteiger partial charge on any atom is 0.328 e. The molecule has 2 rings (SSSR count). The predicted molar refractivity (Wildman–Crippen MR) is 67.9 cm³/mol. The molecule has 2 aromatic rings. The van der Waals surface area contributed by atoms with E-state index < -0.39 is 10.8 Å². The molecule has 10 nitrogen and oxygen atoms in total. The summed E-state index contributed by atoms with van der Waals surface area (Å²) in [6, 6.07) is 3.86. The van der Waals surface area contributed by atoms with E-state index in [4.69, 9.17) is 10.4 Å². The molecular formula is C10H10N6O4. The van der Waals surface area contributed by atoms with Gasteiger partial charge in [0, 0.05) is 6.07 Å². The van der Waals surface area contributed by atoms with Gasteiger partial charge < -0.3 is 9.95 Å². The summed E-state index contributed by atoms with van der Waals surface area (Å²) in [5.74, 6) is 4.92. The lowest BCUT2D eigenvalue weighted by Crippen LogP contribution is -2.18. The lowest BCUT2D eigenvalue weighted by molar-refractivity contribution is -0.384. The van der Waals surface area contributed by atoms with Gasteiger partial charge in [-0.15, -0.1) is 0 Å². The summed E-state index contributed by atoms with van der Waals surface area (Å²) in [7, 11) is 0. The van der Waals surface area contributed by atoms with Crippen LogP contribution in [0, 0.1) is 17.0 Å². The number of aryl methyl sites for hydroxylation is 1. The maximum atomic E-state index is 12.0. The third kappa shape index (κ3) is 2.54. The van der Waals surface area contributed by atoms with Crippen molar-refractivity contribution >= 4 is 23.3 Å². The second kappa shape index (κ2) is 5.32. The fourth-order valence-corrected chi connectivity index (χ4v) is 1.55. The van der Waals surface area contributed by atoms with Gasteiger partial charge in [0.15, 0.2) is 5.82 Å². The average molecular weight is 278 g/mol. The molecule has 0 aliphatic heterocycles. The SMILES string of the molecule is Cc1noc(NC(=O)c2cccc([N+](=O)[O-])c2NN)n1. The Balaban J connectivity index is 2.34. The Kier molecular flexibility index (Phi) is 3.57. The van der Waals surface area contributed by atoms with Crippen LogP contribution in [0.4, 0.5) is 17.4 Å². The summed E-state index contributed by atoms with van der Waals surface area (Å²) < 4.78 is 4.73. The number of aromatic nitrogens is 2. The van der Waals surface area contributed by atoms with E-state index >= 15 is 0 Å². The number of amides is 1. The zero-order valence-electron chi connectivity index (χ0n) is 10.3. The molecule has 1 aromatic heterocycles. The standard InChI is InChI=1S/C10H10N6O4/c1-5-12-10(20-15-5)13-9(17)6-3-2-4-7(16(18)19)8(6)14-11/h2-4,14H,11H2,1H3,(H,12,13,15,17). The van der Waals surface area contributed by atoms with Gasteiger partial charge in [0.25, 0.3) is 11.6 Å². The number of benzene rings is 1. The maximum absolute atomic E-state index is 12.0. The molecule has 104 valence electrons. The van der Waals surface area contributed by atoms with Gasteiger partial charge in [-0.05, 0) is 13.0 Å². The molecule has 0 radical (unpaired) electrons. The van der Waals surface area contributed by atoms with Crippen molar-refractivity contribution in [3.8, 4) is 0 Å². The molecule has 20 heavy (non-hydrogen) atoms. The number of rotatable bonds is 4. The molecule has 0 spiro atoms. The minimum atomic E-state index is -0.662. The highest BCUT2D eigenvalue weighted by Crippen LogP contribution is 2.27. The number of hydrazine groups is 1. The van der Waals surface area contributed by atoms with Crippen LogP contribution in [0.15, 0.2) is 22.7 Å². The minimum Gasteiger partial charge on any atom is -0.318 e. The summed E-state index contributed by atoms with van der Waals surface area (Å²) in [6.07, 6.45) is 0. The van der Waals surface area contributed by atoms with E-state index in [0.717, 1.165) is 0 Å². The molecule has 0 aliphatic rings. The average Bonchev–Trinajstić information content (AvgIpc) is 2.82. The second-order valence-corrected chi connectivity index (χ2v) is 3.70. The molecule has 0 atom stereocenters. The molecule has 4 N–H and O–H groups in total. The summed E-state index contributed by atoms with van der Waals surface area (Å²) >= 11 is 0. The minimum absolute atomic E-state index is 0.0162. The van der Waals surface area contributed by atoms with E-state index in [0.29, 0.717) is 5.82 Å². The number of nitro groups is 1. The topological polar surface area (TPSA) is 149 Å². The van der Waals surface area contributed by atoms with E-state index in [9.17, 15) is 14.9 Å². The van der Waals surface area contributed by atoms with E-state index in [2.05, 4.69) is 20.9 Å². The first-order valence-corrected chi connectivity index (χ1v) is 5.38. The van der Waals surface area contributed by atoms with E-state index in [1.807, 2.05) is 0 Å². The Morgan fingerprint density at radius 1 is 1.50 bits per heavy atom. The molecule has 0 bridgehead atoms. The van der Waals surface area contributed by atoms with Crippen molar-refractivity contribution in [3.05, 3.63) is 39.7 Å². The molecule has 1 heterocycles. The number of carbonyl (C=O) groups is 1. The third-order valence-electron chi connectivity index (χ3n) is 2.38. The molecule has 0 unspecified atom stereocenters. The molecule has 1 amide bonds. The number of nitrogens with one attached hydrogen (secondary N) is 2. The van der Waals surface area contributed by atoms with Crippen LogP contribution in [0.1, 0.15) is 16.2 Å². The van der Waals surface area contributed by atoms with Crippen LogP contribution >= 0.6 is 0 Å². The smallest absolute Gasteiger partial charge is 0.318 e. The largest absolute Gasteiger partial charge is 0.328 e. The van der Waals surface area contributed by atoms with Crippen LogP contribution in [-0.4, -0.2) is 21.0 Å². The van der Waals surface area contributed by atoms with Crippen LogP contribution < -0.4 is 16.6 Å². The van der Waals surface area contributed by atoms with E-state index in [1.54, 1.807) is 6.92 Å². The lowest BCUT2D eigenvalue weighted by atomic mass is 10.1. The molecule has 10 heteroatoms. The number of para-hydroxylation sites is 1. The van der Waals surface area contributed by atoms with Gasteiger partial charge in [-0.2, -0.15) is 4.98 Å². The second-order valence-electron chi connectivity index (χ2n) is 3.70. The highest BCUT2D eigenvalue weighted by atomic mass is 16.6. The molecule has 0 saturated heterocycles. The zero-order valence-corrected chi connectivity index (χ0v) is 10.3. The first-order valence-electron chi connectivity index (χ1n) is 5.38. The number of nitrogen functional groups attached to an aromatic ring is 1. The summed E-state index contributed by atoms with van der Waals surface area (Å²) in [5, 5.41) is 16.7. The highest BCUT2D eigenvalue weighted by Gasteiger charge is 2.22. The van der Waals surface area contributed by atoms with E-state index in [1.165, 1.54) is 18.2 Å². The van der Waals surface area contributed by atoms with Crippen molar-refractivity contribution in [3.63, 3.8) is 0 Å². The number of anilines is 2. The summed E-state index contributed by atoms with van der Waals surface area (Å²) in [4.78, 5) is 26.0. The molecule has 0 saturated carbocycles. The van der Waals surface area contributed by atoms with Crippen LogP contribution in [0.2, 0.25) is 0 Å². The number of nitrogens with zero attached hydrogens (tertiary/aromatic N) is 3. The Morgan fingerprint density at radius 3 is 2.80 bits per heavy atom. The van der Waals surface area contributed by atoms with Gasteiger partial charge in [0.1, 0.15) is 5.69 Å². The third-order valence-corrected chi connectivity index (χ3v) is 2.38. The molecule has 1 aromatic carbocycles. The van der Waals surface area contributed by atoms with Crippen LogP contribution in [0.3, 0.4) is 0 Å². The zero-order chi connectivity index (χ0) is 14.7. The summed E-state index contributed by atoms with van der Waals surface area (Å²) in [5.41, 5.74) is 1.71. The number of nitrogens with two attached hydrogens (primary N) is 1. The van der Waals surface area contributed by atoms with Crippen molar-refractivity contribution < 1.29 is 14.2 Å². The Morgan fingerprint density at radius 2 is 2.25 bits per heavy atom. The molecular weight excluding hydrogens is 268 g/mol. The quantitative estimate of drug-likeness (QED) is 0.422. The normalized spacial score (nSPS) is 10.1. The monoisotopic (exact) mass is 278 g/mol. The van der Waals surface area contributed by atoms with Crippen LogP contribution in [0.25, 0.3) is 0 Å². The number of carbonyl (C=O) groups excluding carboxylic acids is 1. The first-order chi connectivity index (χ1) is 9.52. The van der Waals surface area contributed by atoms with Crippen molar-refractivity contribution in [2.45, 2.75) is 6.92 Å². The first kappa shape index (κ1) is 13.4. The Bertz CT molecular complexity index is 668. The summed E-state index contributed by atoms with van der Waals surface area (Å²) in [6.45, 7) is 1.58. The van der Waals surface area contributed by atoms with Crippen molar-refractivity contribution in [2.75, 3.05) is 10.7 Å². The van der Waals surface area contributed by atoms with Gasteiger partial charge >= 0.3 is 6.01 Å². The van der Waals surface area contributed by atoms with Crippen molar-refractivity contribution in [1.29, 1.82) is 0 Å². The van der Waals surface area contributed by atoms with Crippen LogP contribution in [-0.2, 0) is 0 Å². The highest BCUT2D eigenvalue weighted by molar-refractivity contribution is 6.08. The number of hydrogen-bond donors (Lipinski definition) is 3. The van der Waals surface area contributed by atoms with E-state index in [-0.39, 0.29) is 23.0 Å². The number of hydrogen-bond acceptors (Lipinski definition) is 8. The van der Waals surface area contributed by atoms with Gasteiger partial charge in [-0.25, -0.2) is 0 Å². The molecule has 0 aliphatic carbocycles. The van der Waals surface area contributed by atoms with Gasteiger partial charge in [0.05, 0.1) is 10.5 Å². The van der Waals surface area contributed by atoms with Gasteiger partial charge in [-0.3, -0.25) is 26.1 Å². The van der Waals surface area contributed by atoms with Gasteiger partial charge in [0.2, 0.25) is 0 Å². The predicted octanol–water partition coefficient (Wildman–Crippen LogP) is 0.824. The fourth-order valence-electron chi connectivity index (χ4n) is 1.55. The van der Waals surface area contributed by atoms with Crippen LogP contribution in [0.5, 0.6) is 0 Å². The molecule has 0 fully saturated rings.